The van der Waals surface area contributed by atoms with Crippen molar-refractivity contribution in [1.82, 2.24) is 14.4 Å². The van der Waals surface area contributed by atoms with Gasteiger partial charge in [-0.15, -0.1) is 6.42 Å². The smallest absolute Gasteiger partial charge is 0.278 e. The van der Waals surface area contributed by atoms with Crippen LogP contribution in [0.25, 0.3) is 5.65 Å². The van der Waals surface area contributed by atoms with Crippen LogP contribution < -0.4 is 5.32 Å². The lowest BCUT2D eigenvalue weighted by atomic mass is 10.2. The maximum absolute atomic E-state index is 12.4. The van der Waals surface area contributed by atoms with Gasteiger partial charge in [-0.1, -0.05) is 5.92 Å². The van der Waals surface area contributed by atoms with Gasteiger partial charge in [-0.3, -0.25) is 9.20 Å². The molecule has 22 heavy (non-hydrogen) atoms. The highest BCUT2D eigenvalue weighted by molar-refractivity contribution is 6.06. The van der Waals surface area contributed by atoms with Crippen LogP contribution in [0.15, 0.2) is 36.7 Å². The Morgan fingerprint density at radius 2 is 2.00 bits per heavy atom. The van der Waals surface area contributed by atoms with Gasteiger partial charge in [0.05, 0.1) is 0 Å². The number of benzene rings is 1. The van der Waals surface area contributed by atoms with E-state index >= 15 is 0 Å². The van der Waals surface area contributed by atoms with Crippen molar-refractivity contribution in [3.8, 4) is 12.3 Å². The number of imidazole rings is 1. The molecule has 0 unspecified atom stereocenters. The summed E-state index contributed by atoms with van der Waals surface area (Å²) in [5.74, 6) is 2.24. The molecule has 1 amide bonds. The number of fused-ring (bicyclic) bond motifs is 1. The highest BCUT2D eigenvalue weighted by Gasteiger charge is 2.16. The summed E-state index contributed by atoms with van der Waals surface area (Å²) >= 11 is 0. The van der Waals surface area contributed by atoms with Gasteiger partial charge in [-0.25, -0.2) is 9.97 Å². The molecule has 5 nitrogen and oxygen atoms in total. The Labute approximate surface area is 128 Å². The van der Waals surface area contributed by atoms with Gasteiger partial charge in [0, 0.05) is 22.6 Å². The van der Waals surface area contributed by atoms with Crippen LogP contribution in [0.1, 0.15) is 27.4 Å². The largest absolute Gasteiger partial charge is 0.321 e. The van der Waals surface area contributed by atoms with Crippen molar-refractivity contribution in [3.05, 3.63) is 59.3 Å². The van der Waals surface area contributed by atoms with E-state index in [1.54, 1.807) is 35.0 Å². The Morgan fingerprint density at radius 3 is 2.68 bits per heavy atom. The van der Waals surface area contributed by atoms with Crippen molar-refractivity contribution in [2.24, 2.45) is 0 Å². The number of carbonyl (C=O) groups is 1. The summed E-state index contributed by atoms with van der Waals surface area (Å²) in [7, 11) is 0. The molecule has 0 aliphatic rings. The second-order valence-electron chi connectivity index (χ2n) is 5.00. The molecule has 0 saturated carbocycles. The topological polar surface area (TPSA) is 59.3 Å². The molecule has 0 spiro atoms. The third-order valence-electron chi connectivity index (χ3n) is 3.35. The fraction of sp³-hybridized carbons (Fsp3) is 0.118. The number of carbonyl (C=O) groups excluding carboxylic acids is 1. The number of nitrogens with one attached hydrogen (secondary N) is 1. The minimum Gasteiger partial charge on any atom is -0.321 e. The number of anilines is 1. The Morgan fingerprint density at radius 1 is 1.27 bits per heavy atom. The molecule has 2 heterocycles. The Hall–Kier alpha value is -3.13. The quantitative estimate of drug-likeness (QED) is 0.738. The van der Waals surface area contributed by atoms with Gasteiger partial charge >= 0.3 is 0 Å². The number of aryl methyl sites for hydroxylation is 2. The molecule has 0 bridgehead atoms. The summed E-state index contributed by atoms with van der Waals surface area (Å²) in [6.07, 6.45) is 6.92. The number of hydrogen-bond acceptors (Lipinski definition) is 3. The molecular weight excluding hydrogens is 276 g/mol. The summed E-state index contributed by atoms with van der Waals surface area (Å²) < 4.78 is 1.79. The van der Waals surface area contributed by atoms with E-state index in [9.17, 15) is 4.79 Å². The van der Waals surface area contributed by atoms with Gasteiger partial charge in [-0.2, -0.15) is 0 Å². The third kappa shape index (κ3) is 2.42. The van der Waals surface area contributed by atoms with Gasteiger partial charge in [0.15, 0.2) is 11.3 Å². The number of terminal acetylenes is 1. The predicted octanol–water partition coefficient (Wildman–Crippen LogP) is 2.58. The lowest BCUT2D eigenvalue weighted by molar-refractivity contribution is 0.102. The first kappa shape index (κ1) is 13.8. The number of nitrogens with zero attached hydrogens (tertiary/aromatic N) is 3. The fourth-order valence-corrected chi connectivity index (χ4v) is 2.28. The molecule has 0 atom stereocenters. The molecular formula is C17H14N4O. The van der Waals surface area contributed by atoms with Gasteiger partial charge in [0.25, 0.3) is 5.91 Å². The van der Waals surface area contributed by atoms with E-state index in [2.05, 4.69) is 21.2 Å². The molecule has 3 rings (SSSR count). The van der Waals surface area contributed by atoms with Crippen LogP contribution in [0.3, 0.4) is 0 Å². The minimum absolute atomic E-state index is 0.298. The lowest BCUT2D eigenvalue weighted by Crippen LogP contribution is -2.13. The number of aromatic nitrogens is 3. The van der Waals surface area contributed by atoms with E-state index in [-0.39, 0.29) is 5.91 Å². The van der Waals surface area contributed by atoms with Crippen LogP contribution in [0, 0.1) is 26.2 Å². The van der Waals surface area contributed by atoms with Gasteiger partial charge < -0.3 is 5.32 Å². The first-order valence-electron chi connectivity index (χ1n) is 6.78. The Balaban J connectivity index is 1.93. The second-order valence-corrected chi connectivity index (χ2v) is 5.00. The third-order valence-corrected chi connectivity index (χ3v) is 3.35. The SMILES string of the molecule is C#Cc1ccc(NC(=O)c2ncn3c(C)cc(C)nc23)cc1. The fourth-order valence-electron chi connectivity index (χ4n) is 2.28. The van der Waals surface area contributed by atoms with Crippen molar-refractivity contribution in [2.75, 3.05) is 5.32 Å². The molecule has 0 radical (unpaired) electrons. The average molecular weight is 290 g/mol. The van der Waals surface area contributed by atoms with Crippen LogP contribution in [0.2, 0.25) is 0 Å². The van der Waals surface area contributed by atoms with E-state index in [1.165, 1.54) is 0 Å². The molecule has 0 aliphatic carbocycles. The van der Waals surface area contributed by atoms with Crippen molar-refractivity contribution in [2.45, 2.75) is 13.8 Å². The van der Waals surface area contributed by atoms with Crippen molar-refractivity contribution in [1.29, 1.82) is 0 Å². The average Bonchev–Trinajstić information content (AvgIpc) is 2.92. The maximum atomic E-state index is 12.4. The van der Waals surface area contributed by atoms with Gasteiger partial charge in [0.1, 0.15) is 6.33 Å². The molecule has 0 saturated heterocycles. The van der Waals surface area contributed by atoms with Crippen molar-refractivity contribution in [3.63, 3.8) is 0 Å². The van der Waals surface area contributed by atoms with Crippen LogP contribution in [0.5, 0.6) is 0 Å². The second kappa shape index (κ2) is 5.34. The predicted molar refractivity (Wildman–Crippen MR) is 84.8 cm³/mol. The number of amides is 1. The normalized spacial score (nSPS) is 10.4. The maximum Gasteiger partial charge on any atom is 0.278 e. The van der Waals surface area contributed by atoms with Crippen molar-refractivity contribution < 1.29 is 4.79 Å². The van der Waals surface area contributed by atoms with Crippen LogP contribution in [-0.4, -0.2) is 20.3 Å². The Kier molecular flexibility index (Phi) is 3.36. The van der Waals surface area contributed by atoms with Gasteiger partial charge in [0.2, 0.25) is 0 Å². The summed E-state index contributed by atoms with van der Waals surface area (Å²) in [6, 6.07) is 9.00. The minimum atomic E-state index is -0.298. The monoisotopic (exact) mass is 290 g/mol. The van der Waals surface area contributed by atoms with E-state index in [1.807, 2.05) is 19.9 Å². The number of hydrogen-bond donors (Lipinski definition) is 1. The van der Waals surface area contributed by atoms with Crippen molar-refractivity contribution >= 4 is 17.2 Å². The molecule has 0 fully saturated rings. The summed E-state index contributed by atoms with van der Waals surface area (Å²) in [4.78, 5) is 21.0. The lowest BCUT2D eigenvalue weighted by Gasteiger charge is -2.05. The summed E-state index contributed by atoms with van der Waals surface area (Å²) in [5.41, 5.74) is 4.10. The summed E-state index contributed by atoms with van der Waals surface area (Å²) in [5, 5.41) is 2.80. The molecule has 2 aromatic heterocycles. The zero-order valence-corrected chi connectivity index (χ0v) is 12.3. The molecule has 3 aromatic rings. The molecule has 1 aromatic carbocycles. The van der Waals surface area contributed by atoms with Crippen LogP contribution in [0.4, 0.5) is 5.69 Å². The zero-order valence-electron chi connectivity index (χ0n) is 12.3. The van der Waals surface area contributed by atoms with E-state index in [4.69, 9.17) is 6.42 Å². The van der Waals surface area contributed by atoms with Gasteiger partial charge in [-0.05, 0) is 44.2 Å². The first-order valence-corrected chi connectivity index (χ1v) is 6.78. The summed E-state index contributed by atoms with van der Waals surface area (Å²) in [6.45, 7) is 3.84. The zero-order chi connectivity index (χ0) is 15.7. The van der Waals surface area contributed by atoms with E-state index < -0.39 is 0 Å². The molecule has 108 valence electrons. The molecule has 0 aliphatic heterocycles. The number of rotatable bonds is 2. The molecule has 5 heteroatoms. The Bertz CT molecular complexity index is 901. The van der Waals surface area contributed by atoms with E-state index in [0.717, 1.165) is 17.0 Å². The highest BCUT2D eigenvalue weighted by Crippen LogP contribution is 2.14. The van der Waals surface area contributed by atoms with E-state index in [0.29, 0.717) is 17.0 Å². The highest BCUT2D eigenvalue weighted by atomic mass is 16.1. The van der Waals surface area contributed by atoms with Crippen LogP contribution >= 0.6 is 0 Å². The first-order chi connectivity index (χ1) is 10.6. The molecule has 1 N–H and O–H groups in total. The van der Waals surface area contributed by atoms with Crippen LogP contribution in [-0.2, 0) is 0 Å². The standard InChI is InChI=1S/C17H14N4O/c1-4-13-5-7-14(8-6-13)20-17(22)15-16-19-11(2)9-12(3)21(16)10-18-15/h1,5-10H,2-3H3,(H,20,22).